The Morgan fingerprint density at radius 2 is 2.07 bits per heavy atom. The zero-order valence-corrected chi connectivity index (χ0v) is 10.3. The third-order valence-corrected chi connectivity index (χ3v) is 3.32. The number of halogens is 2. The van der Waals surface area contributed by atoms with Crippen molar-refractivity contribution in [3.8, 4) is 0 Å². The SMILES string of the molecule is COC(C)C(N)Cc1cccc(Cl)c1Cl. The summed E-state index contributed by atoms with van der Waals surface area (Å²) in [6.07, 6.45) is 0.661. The molecular weight excluding hydrogens is 233 g/mol. The molecule has 0 aliphatic heterocycles. The molecule has 0 aliphatic carbocycles. The molecular formula is C11H15Cl2NO. The number of hydrogen-bond donors (Lipinski definition) is 1. The van der Waals surface area contributed by atoms with Gasteiger partial charge in [0.15, 0.2) is 0 Å². The summed E-state index contributed by atoms with van der Waals surface area (Å²) in [5, 5.41) is 1.14. The summed E-state index contributed by atoms with van der Waals surface area (Å²) in [4.78, 5) is 0. The maximum absolute atomic E-state index is 6.06. The van der Waals surface area contributed by atoms with Crippen molar-refractivity contribution < 1.29 is 4.74 Å². The number of benzene rings is 1. The Bertz CT molecular complexity index is 330. The van der Waals surface area contributed by atoms with E-state index >= 15 is 0 Å². The molecule has 2 N–H and O–H groups in total. The minimum atomic E-state index is -0.0778. The van der Waals surface area contributed by atoms with E-state index in [1.54, 1.807) is 13.2 Å². The van der Waals surface area contributed by atoms with E-state index in [1.165, 1.54) is 0 Å². The van der Waals surface area contributed by atoms with Crippen molar-refractivity contribution in [3.05, 3.63) is 33.8 Å². The van der Waals surface area contributed by atoms with E-state index in [4.69, 9.17) is 33.7 Å². The molecule has 0 saturated carbocycles. The van der Waals surface area contributed by atoms with Crippen LogP contribution < -0.4 is 5.73 Å². The highest BCUT2D eigenvalue weighted by Gasteiger charge is 2.14. The number of nitrogens with two attached hydrogens (primary N) is 1. The monoisotopic (exact) mass is 247 g/mol. The Labute approximate surface area is 100 Å². The number of rotatable bonds is 4. The second-order valence-electron chi connectivity index (χ2n) is 3.52. The van der Waals surface area contributed by atoms with Crippen LogP contribution in [0.15, 0.2) is 18.2 Å². The van der Waals surface area contributed by atoms with Gasteiger partial charge in [-0.15, -0.1) is 0 Å². The zero-order valence-electron chi connectivity index (χ0n) is 8.84. The van der Waals surface area contributed by atoms with Crippen LogP contribution in [-0.4, -0.2) is 19.3 Å². The quantitative estimate of drug-likeness (QED) is 0.889. The summed E-state index contributed by atoms with van der Waals surface area (Å²) in [5.41, 5.74) is 6.91. The van der Waals surface area contributed by atoms with Gasteiger partial charge in [-0.25, -0.2) is 0 Å². The van der Waals surface area contributed by atoms with Gasteiger partial charge >= 0.3 is 0 Å². The molecule has 0 radical (unpaired) electrons. The van der Waals surface area contributed by atoms with Crippen LogP contribution >= 0.6 is 23.2 Å². The molecule has 1 aromatic rings. The van der Waals surface area contributed by atoms with Crippen LogP contribution in [0.4, 0.5) is 0 Å². The van der Waals surface area contributed by atoms with Gasteiger partial charge in [0.25, 0.3) is 0 Å². The van der Waals surface area contributed by atoms with Crippen molar-refractivity contribution >= 4 is 23.2 Å². The molecule has 1 rings (SSSR count). The standard InChI is InChI=1S/C11H15Cl2NO/c1-7(15-2)10(14)6-8-4-3-5-9(12)11(8)13/h3-5,7,10H,6,14H2,1-2H3. The van der Waals surface area contributed by atoms with Gasteiger partial charge in [0.1, 0.15) is 0 Å². The lowest BCUT2D eigenvalue weighted by Crippen LogP contribution is -2.35. The normalized spacial score (nSPS) is 15.0. The van der Waals surface area contributed by atoms with Crippen molar-refractivity contribution in [1.82, 2.24) is 0 Å². The van der Waals surface area contributed by atoms with Gasteiger partial charge in [-0.2, -0.15) is 0 Å². The first-order valence-electron chi connectivity index (χ1n) is 4.77. The molecule has 0 aliphatic rings. The van der Waals surface area contributed by atoms with E-state index in [0.29, 0.717) is 16.5 Å². The predicted octanol–water partition coefficient (Wildman–Crippen LogP) is 2.90. The Balaban J connectivity index is 2.76. The molecule has 0 bridgehead atoms. The van der Waals surface area contributed by atoms with Crippen molar-refractivity contribution in [3.63, 3.8) is 0 Å². The minimum Gasteiger partial charge on any atom is -0.380 e. The summed E-state index contributed by atoms with van der Waals surface area (Å²) in [6.45, 7) is 1.93. The third-order valence-electron chi connectivity index (χ3n) is 2.46. The van der Waals surface area contributed by atoms with Crippen LogP contribution in [-0.2, 0) is 11.2 Å². The van der Waals surface area contributed by atoms with Gasteiger partial charge in [0, 0.05) is 13.2 Å². The molecule has 0 heterocycles. The molecule has 1 aromatic carbocycles. The second kappa shape index (κ2) is 5.71. The van der Waals surface area contributed by atoms with E-state index in [1.807, 2.05) is 19.1 Å². The van der Waals surface area contributed by atoms with Crippen molar-refractivity contribution in [2.24, 2.45) is 5.73 Å². The Morgan fingerprint density at radius 3 is 2.67 bits per heavy atom. The number of methoxy groups -OCH3 is 1. The van der Waals surface area contributed by atoms with Crippen LogP contribution in [0.5, 0.6) is 0 Å². The highest BCUT2D eigenvalue weighted by Crippen LogP contribution is 2.26. The van der Waals surface area contributed by atoms with Crippen LogP contribution in [0, 0.1) is 0 Å². The van der Waals surface area contributed by atoms with Crippen LogP contribution in [0.25, 0.3) is 0 Å². The zero-order chi connectivity index (χ0) is 11.4. The van der Waals surface area contributed by atoms with Gasteiger partial charge in [-0.1, -0.05) is 35.3 Å². The molecule has 0 fully saturated rings. The van der Waals surface area contributed by atoms with Crippen molar-refractivity contribution in [2.75, 3.05) is 7.11 Å². The average Bonchev–Trinajstić information content (AvgIpc) is 2.23. The average molecular weight is 248 g/mol. The Hall–Kier alpha value is -0.280. The largest absolute Gasteiger partial charge is 0.380 e. The molecule has 2 nitrogen and oxygen atoms in total. The topological polar surface area (TPSA) is 35.2 Å². The molecule has 2 unspecified atom stereocenters. The highest BCUT2D eigenvalue weighted by atomic mass is 35.5. The first kappa shape index (κ1) is 12.8. The molecule has 0 amide bonds. The molecule has 0 saturated heterocycles. The lowest BCUT2D eigenvalue weighted by Gasteiger charge is -2.19. The molecule has 0 aromatic heterocycles. The first-order chi connectivity index (χ1) is 7.06. The first-order valence-corrected chi connectivity index (χ1v) is 5.53. The lowest BCUT2D eigenvalue weighted by molar-refractivity contribution is 0.0956. The van der Waals surface area contributed by atoms with Crippen LogP contribution in [0.3, 0.4) is 0 Å². The second-order valence-corrected chi connectivity index (χ2v) is 4.31. The van der Waals surface area contributed by atoms with Gasteiger partial charge < -0.3 is 10.5 Å². The van der Waals surface area contributed by atoms with Crippen LogP contribution in [0.1, 0.15) is 12.5 Å². The minimum absolute atomic E-state index is 0.0000447. The van der Waals surface area contributed by atoms with Crippen molar-refractivity contribution in [2.45, 2.75) is 25.5 Å². The van der Waals surface area contributed by atoms with E-state index in [2.05, 4.69) is 0 Å². The fourth-order valence-electron chi connectivity index (χ4n) is 1.30. The summed E-state index contributed by atoms with van der Waals surface area (Å²) >= 11 is 12.0. The van der Waals surface area contributed by atoms with Crippen molar-refractivity contribution in [1.29, 1.82) is 0 Å². The summed E-state index contributed by atoms with van der Waals surface area (Å²) in [5.74, 6) is 0. The molecule has 2 atom stereocenters. The van der Waals surface area contributed by atoms with Gasteiger partial charge in [0.05, 0.1) is 16.1 Å². The smallest absolute Gasteiger partial charge is 0.0697 e. The summed E-state index contributed by atoms with van der Waals surface area (Å²) in [6, 6.07) is 5.48. The van der Waals surface area contributed by atoms with E-state index < -0.39 is 0 Å². The lowest BCUT2D eigenvalue weighted by atomic mass is 10.0. The fraction of sp³-hybridized carbons (Fsp3) is 0.455. The highest BCUT2D eigenvalue weighted by molar-refractivity contribution is 6.42. The predicted molar refractivity (Wildman–Crippen MR) is 64.6 cm³/mol. The molecule has 84 valence electrons. The maximum Gasteiger partial charge on any atom is 0.0697 e. The number of ether oxygens (including phenoxy) is 1. The van der Waals surface area contributed by atoms with Gasteiger partial charge in [0.2, 0.25) is 0 Å². The molecule has 4 heteroatoms. The molecule has 0 spiro atoms. The maximum atomic E-state index is 6.06. The van der Waals surface area contributed by atoms with Crippen LogP contribution in [0.2, 0.25) is 10.0 Å². The fourth-order valence-corrected chi connectivity index (χ4v) is 1.70. The third kappa shape index (κ3) is 3.35. The van der Waals surface area contributed by atoms with Gasteiger partial charge in [-0.3, -0.25) is 0 Å². The van der Waals surface area contributed by atoms with E-state index in [-0.39, 0.29) is 12.1 Å². The Morgan fingerprint density at radius 1 is 1.40 bits per heavy atom. The van der Waals surface area contributed by atoms with E-state index in [9.17, 15) is 0 Å². The van der Waals surface area contributed by atoms with E-state index in [0.717, 1.165) is 5.56 Å². The summed E-state index contributed by atoms with van der Waals surface area (Å²) < 4.78 is 5.15. The van der Waals surface area contributed by atoms with Gasteiger partial charge in [-0.05, 0) is 25.0 Å². The number of hydrogen-bond acceptors (Lipinski definition) is 2. The summed E-state index contributed by atoms with van der Waals surface area (Å²) in [7, 11) is 1.64. The Kier molecular flexibility index (Phi) is 4.87. The molecule has 15 heavy (non-hydrogen) atoms.